The summed E-state index contributed by atoms with van der Waals surface area (Å²) in [5, 5.41) is 13.3. The molecule has 0 aliphatic heterocycles. The van der Waals surface area contributed by atoms with Crippen LogP contribution in [0.4, 0.5) is 5.69 Å². The SMILES string of the molecule is C/C=C(\C=C/CC)CNc1cccc(C2CC2(NS(=O)(=O)C2=CCC=C(C)C=C2)C(=O)O)c1. The van der Waals surface area contributed by atoms with Crippen molar-refractivity contribution >= 4 is 21.7 Å². The minimum atomic E-state index is -3.98. The molecular weight excluding hydrogens is 436 g/mol. The molecule has 2 aliphatic carbocycles. The summed E-state index contributed by atoms with van der Waals surface area (Å²) in [4.78, 5) is 12.3. The second kappa shape index (κ2) is 10.4. The molecule has 3 rings (SSSR count). The Balaban J connectivity index is 1.76. The molecule has 2 aliphatic rings. The van der Waals surface area contributed by atoms with Gasteiger partial charge in [0.1, 0.15) is 5.54 Å². The van der Waals surface area contributed by atoms with E-state index in [9.17, 15) is 18.3 Å². The maximum Gasteiger partial charge on any atom is 0.325 e. The zero-order chi connectivity index (χ0) is 24.1. The number of rotatable bonds is 10. The molecule has 1 saturated carbocycles. The van der Waals surface area contributed by atoms with E-state index in [1.807, 2.05) is 50.3 Å². The Labute approximate surface area is 196 Å². The Hall–Kier alpha value is -2.90. The molecule has 0 heterocycles. The number of benzene rings is 1. The normalized spacial score (nSPS) is 23.1. The molecular formula is C26H32N2O4S. The third kappa shape index (κ3) is 5.92. The lowest BCUT2D eigenvalue weighted by Crippen LogP contribution is -2.44. The Bertz CT molecular complexity index is 1160. The quantitative estimate of drug-likeness (QED) is 0.419. The van der Waals surface area contributed by atoms with E-state index in [4.69, 9.17) is 0 Å². The summed E-state index contributed by atoms with van der Waals surface area (Å²) in [5.41, 5.74) is 2.22. The van der Waals surface area contributed by atoms with E-state index in [0.717, 1.165) is 28.8 Å². The lowest BCUT2D eigenvalue weighted by molar-refractivity contribution is -0.140. The number of allylic oxidation sites excluding steroid dienone is 7. The molecule has 3 N–H and O–H groups in total. The van der Waals surface area contributed by atoms with E-state index in [1.165, 1.54) is 6.08 Å². The fraction of sp³-hybridized carbons (Fsp3) is 0.346. The van der Waals surface area contributed by atoms with E-state index >= 15 is 0 Å². The average Bonchev–Trinajstić information content (AvgIpc) is 3.54. The number of sulfonamides is 1. The van der Waals surface area contributed by atoms with Gasteiger partial charge in [0, 0.05) is 18.2 Å². The number of hydrogen-bond donors (Lipinski definition) is 3. The second-order valence-corrected chi connectivity index (χ2v) is 10.1. The highest BCUT2D eigenvalue weighted by atomic mass is 32.2. The summed E-state index contributed by atoms with van der Waals surface area (Å²) in [6.07, 6.45) is 14.6. The first-order valence-corrected chi connectivity index (χ1v) is 12.7. The second-order valence-electron chi connectivity index (χ2n) is 8.42. The first-order chi connectivity index (χ1) is 15.7. The van der Waals surface area contributed by atoms with Crippen LogP contribution in [-0.2, 0) is 14.8 Å². The van der Waals surface area contributed by atoms with E-state index < -0.39 is 27.4 Å². The monoisotopic (exact) mass is 468 g/mol. The molecule has 0 aromatic heterocycles. The van der Waals surface area contributed by atoms with Crippen molar-refractivity contribution in [3.8, 4) is 0 Å². The van der Waals surface area contributed by atoms with Crippen LogP contribution in [0.5, 0.6) is 0 Å². The van der Waals surface area contributed by atoms with Crippen LogP contribution in [-0.4, -0.2) is 31.6 Å². The fourth-order valence-electron chi connectivity index (χ4n) is 3.86. The summed E-state index contributed by atoms with van der Waals surface area (Å²) in [6, 6.07) is 7.53. The van der Waals surface area contributed by atoms with Crippen molar-refractivity contribution in [1.82, 2.24) is 4.72 Å². The highest BCUT2D eigenvalue weighted by Gasteiger charge is 2.63. The zero-order valence-electron chi connectivity index (χ0n) is 19.3. The lowest BCUT2D eigenvalue weighted by Gasteiger charge is -2.16. The number of hydrogen-bond acceptors (Lipinski definition) is 4. The van der Waals surface area contributed by atoms with Crippen molar-refractivity contribution in [2.45, 2.75) is 51.5 Å². The molecule has 0 spiro atoms. The van der Waals surface area contributed by atoms with Crippen molar-refractivity contribution in [3.63, 3.8) is 0 Å². The van der Waals surface area contributed by atoms with Crippen LogP contribution in [0.2, 0.25) is 0 Å². The van der Waals surface area contributed by atoms with Crippen LogP contribution < -0.4 is 10.0 Å². The van der Waals surface area contributed by atoms with Crippen LogP contribution >= 0.6 is 0 Å². The minimum absolute atomic E-state index is 0.0938. The van der Waals surface area contributed by atoms with Crippen molar-refractivity contribution < 1.29 is 18.3 Å². The van der Waals surface area contributed by atoms with E-state index in [1.54, 1.807) is 12.2 Å². The third-order valence-corrected chi connectivity index (χ3v) is 7.52. The summed E-state index contributed by atoms with van der Waals surface area (Å²) in [6.45, 7) is 6.61. The summed E-state index contributed by atoms with van der Waals surface area (Å²) < 4.78 is 28.5. The molecule has 2 atom stereocenters. The van der Waals surface area contributed by atoms with Crippen LogP contribution in [0.15, 0.2) is 82.8 Å². The largest absolute Gasteiger partial charge is 0.480 e. The molecule has 0 radical (unpaired) electrons. The number of carbonyl (C=O) groups is 1. The molecule has 2 unspecified atom stereocenters. The average molecular weight is 469 g/mol. The van der Waals surface area contributed by atoms with Crippen molar-refractivity contribution in [2.75, 3.05) is 11.9 Å². The summed E-state index contributed by atoms with van der Waals surface area (Å²) >= 11 is 0. The summed E-state index contributed by atoms with van der Waals surface area (Å²) in [5.74, 6) is -1.61. The number of carboxylic acids is 1. The fourth-order valence-corrected chi connectivity index (χ4v) is 5.34. The topological polar surface area (TPSA) is 95.5 Å². The molecule has 33 heavy (non-hydrogen) atoms. The van der Waals surface area contributed by atoms with Gasteiger partial charge in [-0.15, -0.1) is 0 Å². The van der Waals surface area contributed by atoms with Crippen molar-refractivity contribution in [2.24, 2.45) is 0 Å². The van der Waals surface area contributed by atoms with Crippen LogP contribution in [0.3, 0.4) is 0 Å². The van der Waals surface area contributed by atoms with Gasteiger partial charge < -0.3 is 10.4 Å². The Kier molecular flexibility index (Phi) is 7.76. The van der Waals surface area contributed by atoms with Gasteiger partial charge in [-0.25, -0.2) is 8.42 Å². The Morgan fingerprint density at radius 2 is 2.06 bits per heavy atom. The maximum absolute atomic E-state index is 13.0. The molecule has 1 fully saturated rings. The maximum atomic E-state index is 13.0. The minimum Gasteiger partial charge on any atom is -0.480 e. The van der Waals surface area contributed by atoms with Gasteiger partial charge in [-0.2, -0.15) is 4.72 Å². The van der Waals surface area contributed by atoms with Gasteiger partial charge in [-0.1, -0.05) is 61.1 Å². The highest BCUT2D eigenvalue weighted by Crippen LogP contribution is 2.52. The summed E-state index contributed by atoms with van der Waals surface area (Å²) in [7, 11) is -3.98. The number of nitrogens with one attached hydrogen (secondary N) is 2. The van der Waals surface area contributed by atoms with Crippen molar-refractivity contribution in [1.29, 1.82) is 0 Å². The standard InChI is InChI=1S/C26H32N2O4S/c1-4-6-10-20(5-2)18-27-22-12-8-11-21(16-22)24-17-26(24,25(29)30)28-33(31,32)23-13-7-9-19(3)14-15-23/h5-6,8-16,24,27-28H,4,7,17-18H2,1-3H3,(H,29,30)/b10-6-,20-5+. The molecule has 7 heteroatoms. The molecule has 0 amide bonds. The Morgan fingerprint density at radius 1 is 1.27 bits per heavy atom. The van der Waals surface area contributed by atoms with Crippen LogP contribution in [0.25, 0.3) is 0 Å². The number of carboxylic acid groups (broad SMARTS) is 1. The molecule has 0 bridgehead atoms. The van der Waals surface area contributed by atoms with E-state index in [0.29, 0.717) is 13.0 Å². The zero-order valence-corrected chi connectivity index (χ0v) is 20.2. The molecule has 176 valence electrons. The number of anilines is 1. The van der Waals surface area contributed by atoms with Gasteiger partial charge in [0.25, 0.3) is 0 Å². The van der Waals surface area contributed by atoms with Crippen LogP contribution in [0.1, 0.15) is 51.5 Å². The Morgan fingerprint density at radius 3 is 2.76 bits per heavy atom. The van der Waals surface area contributed by atoms with Gasteiger partial charge in [-0.05, 0) is 62.5 Å². The number of aliphatic carboxylic acids is 1. The van der Waals surface area contributed by atoms with E-state index in [2.05, 4.69) is 29.1 Å². The lowest BCUT2D eigenvalue weighted by atomic mass is 10.1. The van der Waals surface area contributed by atoms with Gasteiger partial charge in [0.15, 0.2) is 0 Å². The van der Waals surface area contributed by atoms with Gasteiger partial charge in [0.05, 0.1) is 4.91 Å². The molecule has 0 saturated heterocycles. The van der Waals surface area contributed by atoms with Gasteiger partial charge in [0.2, 0.25) is 10.0 Å². The first kappa shape index (κ1) is 24.7. The first-order valence-electron chi connectivity index (χ1n) is 11.2. The molecule has 1 aromatic rings. The third-order valence-electron chi connectivity index (χ3n) is 5.96. The van der Waals surface area contributed by atoms with Gasteiger partial charge in [-0.3, -0.25) is 4.79 Å². The molecule has 6 nitrogen and oxygen atoms in total. The smallest absolute Gasteiger partial charge is 0.325 e. The van der Waals surface area contributed by atoms with E-state index in [-0.39, 0.29) is 11.3 Å². The predicted octanol–water partition coefficient (Wildman–Crippen LogP) is 5.03. The van der Waals surface area contributed by atoms with Crippen LogP contribution in [0, 0.1) is 0 Å². The highest BCUT2D eigenvalue weighted by molar-refractivity contribution is 7.93. The molecule has 1 aromatic carbocycles. The van der Waals surface area contributed by atoms with Gasteiger partial charge >= 0.3 is 5.97 Å². The predicted molar refractivity (Wildman–Crippen MR) is 133 cm³/mol. The van der Waals surface area contributed by atoms with Crippen molar-refractivity contribution in [3.05, 3.63) is 88.4 Å².